The SMILES string of the molecule is Cc1cc(C)c(S(=O)(=O)N2CC(Nc3ncccn3)C2)c(C)c1. The second-order valence-electron chi connectivity index (χ2n) is 5.96. The number of aromatic nitrogens is 2. The molecule has 0 amide bonds. The minimum absolute atomic E-state index is 0.0400. The van der Waals surface area contributed by atoms with E-state index in [1.165, 1.54) is 4.31 Å². The van der Waals surface area contributed by atoms with Crippen LogP contribution in [0.1, 0.15) is 16.7 Å². The summed E-state index contributed by atoms with van der Waals surface area (Å²) in [6.07, 6.45) is 3.31. The first-order chi connectivity index (χ1) is 10.9. The van der Waals surface area contributed by atoms with Crippen molar-refractivity contribution in [2.75, 3.05) is 18.4 Å². The lowest BCUT2D eigenvalue weighted by Crippen LogP contribution is -2.57. The summed E-state index contributed by atoms with van der Waals surface area (Å²) in [5.74, 6) is 0.525. The third kappa shape index (κ3) is 3.07. The topological polar surface area (TPSA) is 75.2 Å². The van der Waals surface area contributed by atoms with E-state index in [1.54, 1.807) is 18.5 Å². The summed E-state index contributed by atoms with van der Waals surface area (Å²) in [5.41, 5.74) is 2.67. The number of hydrogen-bond acceptors (Lipinski definition) is 5. The van der Waals surface area contributed by atoms with Crippen LogP contribution in [0, 0.1) is 20.8 Å². The van der Waals surface area contributed by atoms with Crippen molar-refractivity contribution in [3.63, 3.8) is 0 Å². The molecular weight excluding hydrogens is 312 g/mol. The van der Waals surface area contributed by atoms with Crippen LogP contribution in [0.5, 0.6) is 0 Å². The first kappa shape index (κ1) is 15.9. The van der Waals surface area contributed by atoms with Gasteiger partial charge in [-0.2, -0.15) is 4.31 Å². The summed E-state index contributed by atoms with van der Waals surface area (Å²) in [6.45, 7) is 6.51. The average Bonchev–Trinajstić information content (AvgIpc) is 2.41. The van der Waals surface area contributed by atoms with Crippen molar-refractivity contribution in [2.24, 2.45) is 0 Å². The Labute approximate surface area is 136 Å². The van der Waals surface area contributed by atoms with Gasteiger partial charge in [-0.05, 0) is 38.0 Å². The quantitative estimate of drug-likeness (QED) is 0.925. The lowest BCUT2D eigenvalue weighted by Gasteiger charge is -2.38. The van der Waals surface area contributed by atoms with Gasteiger partial charge in [0.2, 0.25) is 16.0 Å². The number of aryl methyl sites for hydroxylation is 3. The second-order valence-corrected chi connectivity index (χ2v) is 7.84. The van der Waals surface area contributed by atoms with E-state index in [0.29, 0.717) is 23.9 Å². The first-order valence-corrected chi connectivity index (χ1v) is 8.93. The van der Waals surface area contributed by atoms with E-state index in [9.17, 15) is 8.42 Å². The number of anilines is 1. The zero-order chi connectivity index (χ0) is 16.6. The normalized spacial score (nSPS) is 16.1. The van der Waals surface area contributed by atoms with Crippen molar-refractivity contribution in [1.82, 2.24) is 14.3 Å². The molecule has 0 unspecified atom stereocenters. The standard InChI is InChI=1S/C16H20N4O2S/c1-11-7-12(2)15(13(3)8-11)23(21,22)20-9-14(10-20)19-16-17-5-4-6-18-16/h4-8,14H,9-10H2,1-3H3,(H,17,18,19). The minimum atomic E-state index is -3.45. The Hall–Kier alpha value is -1.99. The number of rotatable bonds is 4. The van der Waals surface area contributed by atoms with Crippen molar-refractivity contribution >= 4 is 16.0 Å². The molecule has 0 bridgehead atoms. The van der Waals surface area contributed by atoms with Crippen LogP contribution in [0.2, 0.25) is 0 Å². The van der Waals surface area contributed by atoms with Gasteiger partial charge >= 0.3 is 0 Å². The third-order valence-corrected chi connectivity index (χ3v) is 6.09. The highest BCUT2D eigenvalue weighted by Crippen LogP contribution is 2.28. The molecule has 2 aromatic rings. The molecule has 1 fully saturated rings. The average molecular weight is 332 g/mol. The number of sulfonamides is 1. The molecule has 0 saturated carbocycles. The van der Waals surface area contributed by atoms with Crippen LogP contribution in [0.15, 0.2) is 35.5 Å². The Morgan fingerprint density at radius 1 is 1.09 bits per heavy atom. The smallest absolute Gasteiger partial charge is 0.243 e. The zero-order valence-corrected chi connectivity index (χ0v) is 14.3. The van der Waals surface area contributed by atoms with Crippen LogP contribution in [0.3, 0.4) is 0 Å². The summed E-state index contributed by atoms with van der Waals surface area (Å²) in [5, 5.41) is 3.14. The Morgan fingerprint density at radius 3 is 2.22 bits per heavy atom. The number of hydrogen-bond donors (Lipinski definition) is 1. The molecule has 0 spiro atoms. The van der Waals surface area contributed by atoms with Gasteiger partial charge < -0.3 is 5.32 Å². The van der Waals surface area contributed by atoms with Crippen molar-refractivity contribution in [3.05, 3.63) is 47.3 Å². The lowest BCUT2D eigenvalue weighted by molar-refractivity contribution is 0.279. The predicted octanol–water partition coefficient (Wildman–Crippen LogP) is 1.89. The fourth-order valence-corrected chi connectivity index (χ4v) is 4.93. The molecule has 3 rings (SSSR count). The molecule has 0 aliphatic carbocycles. The predicted molar refractivity (Wildman–Crippen MR) is 88.9 cm³/mol. The molecule has 122 valence electrons. The largest absolute Gasteiger partial charge is 0.349 e. The van der Waals surface area contributed by atoms with Crippen molar-refractivity contribution in [2.45, 2.75) is 31.7 Å². The van der Waals surface area contributed by atoms with Crippen molar-refractivity contribution < 1.29 is 8.42 Å². The maximum Gasteiger partial charge on any atom is 0.243 e. The Bertz CT molecular complexity index is 792. The van der Waals surface area contributed by atoms with E-state index in [0.717, 1.165) is 16.7 Å². The number of nitrogens with zero attached hydrogens (tertiary/aromatic N) is 3. The molecule has 23 heavy (non-hydrogen) atoms. The summed E-state index contributed by atoms with van der Waals surface area (Å²) in [4.78, 5) is 8.62. The van der Waals surface area contributed by atoms with Crippen LogP contribution in [0.4, 0.5) is 5.95 Å². The van der Waals surface area contributed by atoms with Gasteiger partial charge in [0.25, 0.3) is 0 Å². The van der Waals surface area contributed by atoms with Gasteiger partial charge in [-0.25, -0.2) is 18.4 Å². The zero-order valence-electron chi connectivity index (χ0n) is 13.4. The Kier molecular flexibility index (Phi) is 4.08. The van der Waals surface area contributed by atoms with Gasteiger partial charge in [-0.3, -0.25) is 0 Å². The van der Waals surface area contributed by atoms with Gasteiger partial charge in [0, 0.05) is 25.5 Å². The van der Waals surface area contributed by atoms with Crippen LogP contribution in [-0.2, 0) is 10.0 Å². The summed E-state index contributed by atoms with van der Waals surface area (Å²) < 4.78 is 27.2. The third-order valence-electron chi connectivity index (χ3n) is 3.95. The maximum atomic E-state index is 12.8. The highest BCUT2D eigenvalue weighted by Gasteiger charge is 2.38. The molecule has 1 N–H and O–H groups in total. The van der Waals surface area contributed by atoms with Gasteiger partial charge in [0.15, 0.2) is 0 Å². The Morgan fingerprint density at radius 2 is 1.65 bits per heavy atom. The summed E-state index contributed by atoms with van der Waals surface area (Å²) in [6, 6.07) is 5.60. The second kappa shape index (κ2) is 5.90. The van der Waals surface area contributed by atoms with Gasteiger partial charge in [0.1, 0.15) is 0 Å². The van der Waals surface area contributed by atoms with Crippen molar-refractivity contribution in [1.29, 1.82) is 0 Å². The number of benzene rings is 1. The maximum absolute atomic E-state index is 12.8. The van der Waals surface area contributed by atoms with E-state index in [4.69, 9.17) is 0 Å². The van der Waals surface area contributed by atoms with Gasteiger partial charge in [-0.1, -0.05) is 17.7 Å². The molecule has 1 aliphatic rings. The lowest BCUT2D eigenvalue weighted by atomic mass is 10.1. The minimum Gasteiger partial charge on any atom is -0.349 e. The van der Waals surface area contributed by atoms with E-state index in [2.05, 4.69) is 15.3 Å². The molecule has 1 aromatic heterocycles. The van der Waals surface area contributed by atoms with Crippen LogP contribution in [0.25, 0.3) is 0 Å². The van der Waals surface area contributed by atoms with Crippen LogP contribution in [-0.4, -0.2) is 41.8 Å². The molecule has 0 atom stereocenters. The first-order valence-electron chi connectivity index (χ1n) is 7.49. The van der Waals surface area contributed by atoms with Crippen LogP contribution < -0.4 is 5.32 Å². The van der Waals surface area contributed by atoms with E-state index < -0.39 is 10.0 Å². The molecule has 0 radical (unpaired) electrons. The molecule has 1 saturated heterocycles. The van der Waals surface area contributed by atoms with E-state index in [-0.39, 0.29) is 6.04 Å². The molecule has 2 heterocycles. The van der Waals surface area contributed by atoms with Crippen LogP contribution >= 0.6 is 0 Å². The monoisotopic (exact) mass is 332 g/mol. The van der Waals surface area contributed by atoms with Gasteiger partial charge in [0.05, 0.1) is 10.9 Å². The molecule has 7 heteroatoms. The molecular formula is C16H20N4O2S. The van der Waals surface area contributed by atoms with E-state index >= 15 is 0 Å². The highest BCUT2D eigenvalue weighted by atomic mass is 32.2. The fraction of sp³-hybridized carbons (Fsp3) is 0.375. The molecule has 1 aromatic carbocycles. The van der Waals surface area contributed by atoms with Gasteiger partial charge in [-0.15, -0.1) is 0 Å². The Balaban J connectivity index is 1.74. The summed E-state index contributed by atoms with van der Waals surface area (Å²) in [7, 11) is -3.45. The molecule has 6 nitrogen and oxygen atoms in total. The molecule has 1 aliphatic heterocycles. The van der Waals surface area contributed by atoms with E-state index in [1.807, 2.05) is 32.9 Å². The highest BCUT2D eigenvalue weighted by molar-refractivity contribution is 7.89. The fourth-order valence-electron chi connectivity index (χ4n) is 2.98. The summed E-state index contributed by atoms with van der Waals surface area (Å²) >= 11 is 0. The van der Waals surface area contributed by atoms with Crippen molar-refractivity contribution in [3.8, 4) is 0 Å². The number of nitrogens with one attached hydrogen (secondary N) is 1.